The van der Waals surface area contributed by atoms with Gasteiger partial charge in [0.05, 0.1) is 0 Å². The molecule has 0 saturated heterocycles. The number of hydrogen-bond acceptors (Lipinski definition) is 4. The van der Waals surface area contributed by atoms with Crippen LogP contribution in [0, 0.1) is 11.3 Å². The van der Waals surface area contributed by atoms with Gasteiger partial charge in [0.25, 0.3) is 5.91 Å². The number of rotatable bonds is 8. The Balaban J connectivity index is 1.95. The van der Waals surface area contributed by atoms with E-state index in [1.807, 2.05) is 6.07 Å². The second-order valence-electron chi connectivity index (χ2n) is 9.91. The fourth-order valence-electron chi connectivity index (χ4n) is 4.03. The molecular weight excluding hydrogens is 382 g/mol. The monoisotopic (exact) mass is 419 g/mol. The highest BCUT2D eigenvalue weighted by molar-refractivity contribution is 5.85. The Bertz CT molecular complexity index is 729. The molecule has 1 aliphatic carbocycles. The van der Waals surface area contributed by atoms with Crippen molar-refractivity contribution in [1.29, 1.82) is 0 Å². The van der Waals surface area contributed by atoms with Crippen LogP contribution in [0.4, 0.5) is 0 Å². The lowest BCUT2D eigenvalue weighted by Crippen LogP contribution is -2.51. The van der Waals surface area contributed by atoms with Crippen LogP contribution in [-0.2, 0) is 20.7 Å². The van der Waals surface area contributed by atoms with Crippen LogP contribution in [0.3, 0.4) is 0 Å². The van der Waals surface area contributed by atoms with Crippen molar-refractivity contribution in [1.82, 2.24) is 5.32 Å². The van der Waals surface area contributed by atoms with E-state index in [-0.39, 0.29) is 18.4 Å². The lowest BCUT2D eigenvalue weighted by Gasteiger charge is -2.38. The largest absolute Gasteiger partial charge is 0.479 e. The summed E-state index contributed by atoms with van der Waals surface area (Å²) in [6.45, 7) is 10.4. The molecule has 6 heteroatoms. The average molecular weight is 420 g/mol. The Morgan fingerprint density at radius 3 is 2.30 bits per heavy atom. The van der Waals surface area contributed by atoms with Crippen molar-refractivity contribution >= 4 is 11.9 Å². The quantitative estimate of drug-likeness (QED) is 0.659. The van der Waals surface area contributed by atoms with Crippen molar-refractivity contribution in [3.8, 4) is 5.75 Å². The molecule has 0 radical (unpaired) electrons. The molecule has 1 aromatic rings. The van der Waals surface area contributed by atoms with Gasteiger partial charge in [-0.1, -0.05) is 32.9 Å². The number of carboxylic acid groups (broad SMARTS) is 1. The molecule has 1 fully saturated rings. The van der Waals surface area contributed by atoms with Crippen LogP contribution in [0.2, 0.25) is 0 Å². The smallest absolute Gasteiger partial charge is 0.333 e. The van der Waals surface area contributed by atoms with Crippen molar-refractivity contribution < 1.29 is 24.2 Å². The van der Waals surface area contributed by atoms with Crippen LogP contribution in [-0.4, -0.2) is 41.8 Å². The maximum Gasteiger partial charge on any atom is 0.333 e. The number of amides is 1. The molecule has 1 aromatic carbocycles. The minimum absolute atomic E-state index is 0.132. The number of carboxylic acids is 1. The van der Waals surface area contributed by atoms with Crippen LogP contribution in [0.1, 0.15) is 65.9 Å². The SMILES string of the molecule is CO[C@@H](Cc1cccc(OC(C)(C)C(=O)NC2CCC(C(C)(C)C)CC2)c1)C(=O)O. The van der Waals surface area contributed by atoms with Gasteiger partial charge in [0, 0.05) is 19.6 Å². The minimum Gasteiger partial charge on any atom is -0.479 e. The maximum atomic E-state index is 12.9. The molecule has 0 spiro atoms. The zero-order valence-corrected chi connectivity index (χ0v) is 19.2. The number of ether oxygens (including phenoxy) is 2. The number of aliphatic carboxylic acids is 1. The molecule has 30 heavy (non-hydrogen) atoms. The normalized spacial score (nSPS) is 21.0. The van der Waals surface area contributed by atoms with Gasteiger partial charge in [0.15, 0.2) is 11.7 Å². The van der Waals surface area contributed by atoms with E-state index in [1.165, 1.54) is 7.11 Å². The van der Waals surface area contributed by atoms with Crippen LogP contribution >= 0.6 is 0 Å². The number of benzene rings is 1. The third-order valence-corrected chi connectivity index (χ3v) is 6.09. The Morgan fingerprint density at radius 2 is 1.77 bits per heavy atom. The first-order chi connectivity index (χ1) is 13.9. The lowest BCUT2D eigenvalue weighted by molar-refractivity contribution is -0.148. The van der Waals surface area contributed by atoms with Crippen LogP contribution in [0.15, 0.2) is 24.3 Å². The summed E-state index contributed by atoms with van der Waals surface area (Å²) in [7, 11) is 1.38. The van der Waals surface area contributed by atoms with E-state index in [2.05, 4.69) is 26.1 Å². The van der Waals surface area contributed by atoms with Gasteiger partial charge in [-0.15, -0.1) is 0 Å². The molecule has 6 nitrogen and oxygen atoms in total. The van der Waals surface area contributed by atoms with E-state index in [0.29, 0.717) is 17.1 Å². The van der Waals surface area contributed by atoms with Gasteiger partial charge in [-0.2, -0.15) is 0 Å². The van der Waals surface area contributed by atoms with Crippen molar-refractivity contribution in [2.45, 2.75) is 84.5 Å². The van der Waals surface area contributed by atoms with E-state index in [4.69, 9.17) is 9.47 Å². The van der Waals surface area contributed by atoms with Crippen LogP contribution in [0.5, 0.6) is 5.75 Å². The van der Waals surface area contributed by atoms with Gasteiger partial charge in [0.1, 0.15) is 5.75 Å². The lowest BCUT2D eigenvalue weighted by atomic mass is 9.71. The van der Waals surface area contributed by atoms with E-state index in [9.17, 15) is 14.7 Å². The van der Waals surface area contributed by atoms with Crippen LogP contribution in [0.25, 0.3) is 0 Å². The van der Waals surface area contributed by atoms with Gasteiger partial charge in [0.2, 0.25) is 0 Å². The summed E-state index contributed by atoms with van der Waals surface area (Å²) in [6, 6.07) is 7.33. The summed E-state index contributed by atoms with van der Waals surface area (Å²) >= 11 is 0. The predicted molar refractivity (Wildman–Crippen MR) is 117 cm³/mol. The van der Waals surface area contributed by atoms with Gasteiger partial charge >= 0.3 is 5.97 Å². The third-order valence-electron chi connectivity index (χ3n) is 6.09. The maximum absolute atomic E-state index is 12.9. The van der Waals surface area contributed by atoms with Crippen molar-refractivity contribution in [2.24, 2.45) is 11.3 Å². The highest BCUT2D eigenvalue weighted by atomic mass is 16.5. The highest BCUT2D eigenvalue weighted by Gasteiger charge is 2.35. The molecule has 0 aromatic heterocycles. The molecule has 0 bridgehead atoms. The summed E-state index contributed by atoms with van der Waals surface area (Å²) in [5.41, 5.74) is 0.0519. The number of nitrogens with one attached hydrogen (secondary N) is 1. The molecule has 1 amide bonds. The summed E-state index contributed by atoms with van der Waals surface area (Å²) in [4.78, 5) is 24.1. The van der Waals surface area contributed by atoms with Gasteiger partial charge < -0.3 is 19.9 Å². The fourth-order valence-corrected chi connectivity index (χ4v) is 4.03. The molecular formula is C24H37NO5. The Labute approximate surface area is 180 Å². The summed E-state index contributed by atoms with van der Waals surface area (Å²) < 4.78 is 11.0. The molecule has 2 N–H and O–H groups in total. The number of carbonyl (C=O) groups is 2. The van der Waals surface area contributed by atoms with Gasteiger partial charge in [-0.25, -0.2) is 4.79 Å². The average Bonchev–Trinajstić information content (AvgIpc) is 2.65. The first kappa shape index (κ1) is 24.2. The molecule has 0 unspecified atom stereocenters. The Hall–Kier alpha value is -2.08. The van der Waals surface area contributed by atoms with Crippen molar-refractivity contribution in [3.63, 3.8) is 0 Å². The molecule has 1 saturated carbocycles. The molecule has 2 rings (SSSR count). The summed E-state index contributed by atoms with van der Waals surface area (Å²) in [6.07, 6.45) is 3.55. The fraction of sp³-hybridized carbons (Fsp3) is 0.667. The zero-order chi connectivity index (χ0) is 22.5. The Morgan fingerprint density at radius 1 is 1.13 bits per heavy atom. The van der Waals surface area contributed by atoms with Crippen molar-refractivity contribution in [3.05, 3.63) is 29.8 Å². The van der Waals surface area contributed by atoms with E-state index in [0.717, 1.165) is 31.2 Å². The minimum atomic E-state index is -1.03. The number of hydrogen-bond donors (Lipinski definition) is 2. The van der Waals surface area contributed by atoms with Gasteiger partial charge in [-0.3, -0.25) is 4.79 Å². The molecule has 1 aliphatic rings. The second-order valence-corrected chi connectivity index (χ2v) is 9.91. The van der Waals surface area contributed by atoms with E-state index >= 15 is 0 Å². The third kappa shape index (κ3) is 6.73. The standard InChI is InChI=1S/C24H37NO5/c1-23(2,3)17-10-12-18(13-11-17)25-22(28)24(4,5)30-19-9-7-8-16(14-19)15-20(29-6)21(26)27/h7-9,14,17-18,20H,10-13,15H2,1-6H3,(H,25,28)(H,26,27)/t17?,18?,20-/m0/s1. The van der Waals surface area contributed by atoms with Gasteiger partial charge in [-0.05, 0) is 68.6 Å². The van der Waals surface area contributed by atoms with Crippen molar-refractivity contribution in [2.75, 3.05) is 7.11 Å². The number of methoxy groups -OCH3 is 1. The molecule has 1 atom stereocenters. The molecule has 168 valence electrons. The second kappa shape index (κ2) is 9.82. The first-order valence-corrected chi connectivity index (χ1v) is 10.8. The van der Waals surface area contributed by atoms with Crippen LogP contribution < -0.4 is 10.1 Å². The van der Waals surface area contributed by atoms with E-state index in [1.54, 1.807) is 32.0 Å². The summed E-state index contributed by atoms with van der Waals surface area (Å²) in [5.74, 6) is 0.0841. The molecule has 0 heterocycles. The predicted octanol–water partition coefficient (Wildman–Crippen LogP) is 4.21. The molecule has 0 aliphatic heterocycles. The first-order valence-electron chi connectivity index (χ1n) is 10.8. The topological polar surface area (TPSA) is 84.9 Å². The number of carbonyl (C=O) groups excluding carboxylic acids is 1. The van der Waals surface area contributed by atoms with E-state index < -0.39 is 17.7 Å². The zero-order valence-electron chi connectivity index (χ0n) is 19.2. The summed E-state index contributed by atoms with van der Waals surface area (Å²) in [5, 5.41) is 12.3. The highest BCUT2D eigenvalue weighted by Crippen LogP contribution is 2.37. The Kier molecular flexibility index (Phi) is 7.92.